The first-order valence-corrected chi connectivity index (χ1v) is 5.68. The van der Waals surface area contributed by atoms with E-state index in [1.54, 1.807) is 4.90 Å². The fourth-order valence-corrected chi connectivity index (χ4v) is 1.87. The van der Waals surface area contributed by atoms with Gasteiger partial charge in [-0.3, -0.25) is 4.79 Å². The maximum Gasteiger partial charge on any atom is 0.374 e. The van der Waals surface area contributed by atoms with E-state index >= 15 is 0 Å². The number of carboxylic acid groups (broad SMARTS) is 1. The largest absolute Gasteiger partial charge is 0.475 e. The Kier molecular flexibility index (Phi) is 3.33. The highest BCUT2D eigenvalue weighted by atomic mass is 16.5. The Morgan fingerprint density at radius 3 is 2.78 bits per heavy atom. The van der Waals surface area contributed by atoms with Gasteiger partial charge in [0.25, 0.3) is 5.91 Å². The van der Waals surface area contributed by atoms with Crippen LogP contribution in [0.5, 0.6) is 0 Å². The molecule has 18 heavy (non-hydrogen) atoms. The minimum Gasteiger partial charge on any atom is -0.475 e. The number of hydrogen-bond acceptors (Lipinski definition) is 5. The number of amides is 1. The van der Waals surface area contributed by atoms with E-state index in [9.17, 15) is 9.59 Å². The molecular formula is C11H15N3O4. The van der Waals surface area contributed by atoms with E-state index in [1.165, 1.54) is 0 Å². The molecule has 2 rings (SSSR count). The highest BCUT2D eigenvalue weighted by Gasteiger charge is 2.27. The summed E-state index contributed by atoms with van der Waals surface area (Å²) in [6.45, 7) is 4.03. The average Bonchev–Trinajstić information content (AvgIpc) is 2.81. The standard InChI is InChI=1S/C11H15N3O4/c1-7-6-14(4-3-13(7)2)10(15)8-5-9(11(16)17)18-12-8/h5,7H,3-4,6H2,1-2H3,(H,16,17). The van der Waals surface area contributed by atoms with Gasteiger partial charge in [-0.2, -0.15) is 0 Å². The van der Waals surface area contributed by atoms with E-state index in [4.69, 9.17) is 5.11 Å². The van der Waals surface area contributed by atoms with E-state index in [0.29, 0.717) is 13.1 Å². The molecule has 2 heterocycles. The quantitative estimate of drug-likeness (QED) is 0.807. The molecule has 98 valence electrons. The molecule has 1 unspecified atom stereocenters. The molecule has 0 bridgehead atoms. The lowest BCUT2D eigenvalue weighted by atomic mass is 10.2. The first kappa shape index (κ1) is 12.6. The Morgan fingerprint density at radius 1 is 1.50 bits per heavy atom. The maximum atomic E-state index is 12.1. The Balaban J connectivity index is 2.09. The maximum absolute atomic E-state index is 12.1. The molecule has 1 saturated heterocycles. The van der Waals surface area contributed by atoms with Crippen molar-refractivity contribution in [3.63, 3.8) is 0 Å². The zero-order chi connectivity index (χ0) is 13.3. The number of carbonyl (C=O) groups excluding carboxylic acids is 1. The second kappa shape index (κ2) is 4.77. The molecule has 0 saturated carbocycles. The minimum absolute atomic E-state index is 0.0455. The van der Waals surface area contributed by atoms with Crippen molar-refractivity contribution < 1.29 is 19.2 Å². The van der Waals surface area contributed by atoms with Crippen molar-refractivity contribution >= 4 is 11.9 Å². The molecule has 1 fully saturated rings. The smallest absolute Gasteiger partial charge is 0.374 e. The zero-order valence-electron chi connectivity index (χ0n) is 10.3. The van der Waals surface area contributed by atoms with Crippen LogP contribution in [0.3, 0.4) is 0 Å². The molecule has 0 aromatic carbocycles. The number of rotatable bonds is 2. The first-order valence-electron chi connectivity index (χ1n) is 5.68. The monoisotopic (exact) mass is 253 g/mol. The summed E-state index contributed by atoms with van der Waals surface area (Å²) >= 11 is 0. The molecule has 1 aromatic heterocycles. The topological polar surface area (TPSA) is 86.9 Å². The number of piperazine rings is 1. The Morgan fingerprint density at radius 2 is 2.22 bits per heavy atom. The number of carboxylic acids is 1. The van der Waals surface area contributed by atoms with Crippen molar-refractivity contribution in [2.75, 3.05) is 26.7 Å². The van der Waals surface area contributed by atoms with Gasteiger partial charge in [0.05, 0.1) is 0 Å². The molecule has 1 amide bonds. The van der Waals surface area contributed by atoms with Crippen LogP contribution in [0.15, 0.2) is 10.6 Å². The summed E-state index contributed by atoms with van der Waals surface area (Å²) in [5.74, 6) is -1.83. The van der Waals surface area contributed by atoms with Gasteiger partial charge in [0, 0.05) is 31.7 Å². The lowest BCUT2D eigenvalue weighted by molar-refractivity contribution is 0.0559. The van der Waals surface area contributed by atoms with Crippen molar-refractivity contribution in [3.05, 3.63) is 17.5 Å². The molecule has 1 aliphatic rings. The molecule has 7 nitrogen and oxygen atoms in total. The summed E-state index contributed by atoms with van der Waals surface area (Å²) in [4.78, 5) is 26.5. The van der Waals surface area contributed by atoms with Crippen LogP contribution in [0.4, 0.5) is 0 Å². The van der Waals surface area contributed by atoms with E-state index in [0.717, 1.165) is 12.6 Å². The van der Waals surface area contributed by atoms with Crippen LogP contribution < -0.4 is 0 Å². The summed E-state index contributed by atoms with van der Waals surface area (Å²) in [5, 5.41) is 12.2. The lowest BCUT2D eigenvalue weighted by Crippen LogP contribution is -2.52. The SMILES string of the molecule is CC1CN(C(=O)c2cc(C(=O)O)on2)CCN1C. The Bertz CT molecular complexity index is 471. The fraction of sp³-hybridized carbons (Fsp3) is 0.545. The molecule has 1 aromatic rings. The lowest BCUT2D eigenvalue weighted by Gasteiger charge is -2.37. The van der Waals surface area contributed by atoms with Crippen molar-refractivity contribution in [1.29, 1.82) is 0 Å². The average molecular weight is 253 g/mol. The van der Waals surface area contributed by atoms with Gasteiger partial charge in [-0.1, -0.05) is 5.16 Å². The number of aromatic nitrogens is 1. The number of hydrogen-bond donors (Lipinski definition) is 1. The highest BCUT2D eigenvalue weighted by molar-refractivity contribution is 5.94. The summed E-state index contributed by atoms with van der Waals surface area (Å²) in [6, 6.07) is 1.43. The van der Waals surface area contributed by atoms with Gasteiger partial charge in [-0.15, -0.1) is 0 Å². The highest BCUT2D eigenvalue weighted by Crippen LogP contribution is 2.12. The first-order chi connectivity index (χ1) is 8.49. The van der Waals surface area contributed by atoms with Crippen LogP contribution in [0.2, 0.25) is 0 Å². The molecule has 0 aliphatic carbocycles. The molecule has 7 heteroatoms. The molecule has 1 atom stereocenters. The third-order valence-corrected chi connectivity index (χ3v) is 3.19. The van der Waals surface area contributed by atoms with Crippen molar-refractivity contribution in [1.82, 2.24) is 15.0 Å². The van der Waals surface area contributed by atoms with Gasteiger partial charge in [0.1, 0.15) is 0 Å². The number of likely N-dealkylation sites (N-methyl/N-ethyl adjacent to an activating group) is 1. The van der Waals surface area contributed by atoms with Gasteiger partial charge >= 0.3 is 5.97 Å². The second-order valence-electron chi connectivity index (χ2n) is 4.46. The summed E-state index contributed by atoms with van der Waals surface area (Å²) in [7, 11) is 2.01. The van der Waals surface area contributed by atoms with Gasteiger partial charge in [-0.25, -0.2) is 4.79 Å². The molecule has 1 N–H and O–H groups in total. The van der Waals surface area contributed by atoms with Gasteiger partial charge in [-0.05, 0) is 14.0 Å². The molecule has 1 aliphatic heterocycles. The predicted octanol–water partition coefficient (Wildman–Crippen LogP) is 0.149. The van der Waals surface area contributed by atoms with Crippen LogP contribution in [0.25, 0.3) is 0 Å². The number of nitrogens with zero attached hydrogens (tertiary/aromatic N) is 3. The van der Waals surface area contributed by atoms with Gasteiger partial charge in [0.15, 0.2) is 5.69 Å². The minimum atomic E-state index is -1.23. The third kappa shape index (κ3) is 2.35. The molecule has 0 spiro atoms. The van der Waals surface area contributed by atoms with Crippen molar-refractivity contribution in [3.8, 4) is 0 Å². The van der Waals surface area contributed by atoms with Crippen LogP contribution in [0, 0.1) is 0 Å². The Labute approximate surface area is 104 Å². The van der Waals surface area contributed by atoms with E-state index in [-0.39, 0.29) is 23.4 Å². The zero-order valence-corrected chi connectivity index (χ0v) is 10.3. The normalized spacial score (nSPS) is 21.0. The van der Waals surface area contributed by atoms with E-state index in [1.807, 2.05) is 14.0 Å². The van der Waals surface area contributed by atoms with Crippen molar-refractivity contribution in [2.45, 2.75) is 13.0 Å². The predicted molar refractivity (Wildman–Crippen MR) is 61.5 cm³/mol. The van der Waals surface area contributed by atoms with E-state index in [2.05, 4.69) is 14.6 Å². The van der Waals surface area contributed by atoms with E-state index < -0.39 is 5.97 Å². The fourth-order valence-electron chi connectivity index (χ4n) is 1.87. The van der Waals surface area contributed by atoms with Crippen LogP contribution >= 0.6 is 0 Å². The van der Waals surface area contributed by atoms with Gasteiger partial charge < -0.3 is 19.4 Å². The van der Waals surface area contributed by atoms with Crippen LogP contribution in [-0.2, 0) is 0 Å². The second-order valence-corrected chi connectivity index (χ2v) is 4.46. The summed E-state index contributed by atoms with van der Waals surface area (Å²) in [5.41, 5.74) is 0.0455. The third-order valence-electron chi connectivity index (χ3n) is 3.19. The van der Waals surface area contributed by atoms with Crippen LogP contribution in [-0.4, -0.2) is 64.7 Å². The molecular weight excluding hydrogens is 238 g/mol. The van der Waals surface area contributed by atoms with Crippen molar-refractivity contribution in [2.24, 2.45) is 0 Å². The summed E-state index contributed by atoms with van der Waals surface area (Å²) in [6.07, 6.45) is 0. The Hall–Kier alpha value is -1.89. The number of aromatic carboxylic acids is 1. The van der Waals surface area contributed by atoms with Crippen LogP contribution in [0.1, 0.15) is 28.0 Å². The summed E-state index contributed by atoms with van der Waals surface area (Å²) < 4.78 is 4.58. The number of carbonyl (C=O) groups is 2. The van der Waals surface area contributed by atoms with Gasteiger partial charge in [0.2, 0.25) is 5.76 Å². The molecule has 0 radical (unpaired) electrons.